The maximum Gasteiger partial charge on any atom is 0.311 e. The molecule has 3 rings (SSSR count). The van der Waals surface area contributed by atoms with Gasteiger partial charge in [-0.3, -0.25) is 19.2 Å². The van der Waals surface area contributed by atoms with Gasteiger partial charge >= 0.3 is 5.97 Å². The third kappa shape index (κ3) is 4.77. The van der Waals surface area contributed by atoms with Crippen molar-refractivity contribution in [2.24, 2.45) is 23.5 Å². The Morgan fingerprint density at radius 1 is 1.31 bits per heavy atom. The SMILES string of the molecule is C[C@@H]1[C@H](C)CCC[C@@H]1N1C[C@H](C(=O)OCC(=O)Nc2sccc2C(N)=O)CC1=O. The molecule has 4 atom stereocenters. The van der Waals surface area contributed by atoms with Gasteiger partial charge in [-0.15, -0.1) is 11.3 Å². The molecule has 9 heteroatoms. The molecular weight excluding hydrogens is 394 g/mol. The number of nitrogens with two attached hydrogens (primary N) is 1. The highest BCUT2D eigenvalue weighted by Gasteiger charge is 2.42. The van der Waals surface area contributed by atoms with Crippen LogP contribution in [0.3, 0.4) is 0 Å². The van der Waals surface area contributed by atoms with Gasteiger partial charge in [-0.25, -0.2) is 0 Å². The molecule has 1 aromatic rings. The number of likely N-dealkylation sites (tertiary alicyclic amines) is 1. The lowest BCUT2D eigenvalue weighted by Crippen LogP contribution is -2.45. The van der Waals surface area contributed by atoms with E-state index in [-0.39, 0.29) is 23.9 Å². The molecule has 0 aromatic carbocycles. The Kier molecular flexibility index (Phi) is 6.56. The van der Waals surface area contributed by atoms with Gasteiger partial charge in [0.05, 0.1) is 11.5 Å². The highest BCUT2D eigenvalue weighted by atomic mass is 32.1. The molecule has 1 aliphatic carbocycles. The highest BCUT2D eigenvalue weighted by molar-refractivity contribution is 7.14. The molecule has 3 amide bonds. The molecule has 29 heavy (non-hydrogen) atoms. The summed E-state index contributed by atoms with van der Waals surface area (Å²) in [5, 5.41) is 4.47. The summed E-state index contributed by atoms with van der Waals surface area (Å²) in [6.07, 6.45) is 3.34. The molecular formula is C20H27N3O5S. The van der Waals surface area contributed by atoms with E-state index in [1.54, 1.807) is 5.38 Å². The maximum atomic E-state index is 12.5. The first-order chi connectivity index (χ1) is 13.8. The zero-order chi connectivity index (χ0) is 21.1. The normalized spacial score (nSPS) is 27.0. The van der Waals surface area contributed by atoms with E-state index in [0.29, 0.717) is 23.4 Å². The second kappa shape index (κ2) is 8.94. The van der Waals surface area contributed by atoms with Crippen LogP contribution in [0.1, 0.15) is 49.9 Å². The van der Waals surface area contributed by atoms with Crippen LogP contribution in [-0.2, 0) is 19.1 Å². The lowest BCUT2D eigenvalue weighted by atomic mass is 9.77. The van der Waals surface area contributed by atoms with E-state index >= 15 is 0 Å². The number of rotatable bonds is 6. The van der Waals surface area contributed by atoms with Gasteiger partial charge in [0.15, 0.2) is 6.61 Å². The molecule has 2 fully saturated rings. The molecule has 0 bridgehead atoms. The number of nitrogens with zero attached hydrogens (tertiary/aromatic N) is 1. The minimum absolute atomic E-state index is 0.0213. The average Bonchev–Trinajstić information content (AvgIpc) is 3.29. The first-order valence-electron chi connectivity index (χ1n) is 9.91. The van der Waals surface area contributed by atoms with E-state index in [4.69, 9.17) is 10.5 Å². The summed E-state index contributed by atoms with van der Waals surface area (Å²) in [5.41, 5.74) is 5.45. The Morgan fingerprint density at radius 2 is 2.07 bits per heavy atom. The number of carbonyl (C=O) groups is 4. The van der Waals surface area contributed by atoms with Crippen LogP contribution in [0.2, 0.25) is 0 Å². The molecule has 1 aliphatic heterocycles. The van der Waals surface area contributed by atoms with E-state index in [1.165, 1.54) is 12.5 Å². The van der Waals surface area contributed by atoms with Gasteiger partial charge in [-0.2, -0.15) is 0 Å². The van der Waals surface area contributed by atoms with Crippen LogP contribution >= 0.6 is 11.3 Å². The zero-order valence-electron chi connectivity index (χ0n) is 16.7. The largest absolute Gasteiger partial charge is 0.455 e. The number of hydrogen-bond acceptors (Lipinski definition) is 6. The van der Waals surface area contributed by atoms with Gasteiger partial charge in [-0.05, 0) is 29.7 Å². The van der Waals surface area contributed by atoms with Crippen molar-refractivity contribution in [3.8, 4) is 0 Å². The number of primary amides is 1. The molecule has 0 radical (unpaired) electrons. The Bertz CT molecular complexity index is 808. The van der Waals surface area contributed by atoms with Gasteiger partial charge in [0.2, 0.25) is 5.91 Å². The van der Waals surface area contributed by atoms with Crippen LogP contribution < -0.4 is 11.1 Å². The van der Waals surface area contributed by atoms with Crippen molar-refractivity contribution in [2.45, 2.75) is 45.6 Å². The molecule has 1 aromatic heterocycles. The lowest BCUT2D eigenvalue weighted by Gasteiger charge is -2.39. The van der Waals surface area contributed by atoms with Crippen molar-refractivity contribution in [1.82, 2.24) is 4.90 Å². The van der Waals surface area contributed by atoms with Crippen LogP contribution in [0.4, 0.5) is 5.00 Å². The number of hydrogen-bond donors (Lipinski definition) is 2. The van der Waals surface area contributed by atoms with E-state index in [2.05, 4.69) is 19.2 Å². The Hall–Kier alpha value is -2.42. The first kappa shape index (κ1) is 21.3. The molecule has 0 unspecified atom stereocenters. The predicted molar refractivity (Wildman–Crippen MR) is 108 cm³/mol. The van der Waals surface area contributed by atoms with Gasteiger partial charge in [-0.1, -0.05) is 26.7 Å². The molecule has 2 aliphatic rings. The van der Waals surface area contributed by atoms with Crippen LogP contribution in [0, 0.1) is 17.8 Å². The minimum atomic E-state index is -0.644. The third-order valence-electron chi connectivity index (χ3n) is 6.09. The quantitative estimate of drug-likeness (QED) is 0.681. The fourth-order valence-corrected chi connectivity index (χ4v) is 5.03. The Labute approximate surface area is 173 Å². The summed E-state index contributed by atoms with van der Waals surface area (Å²) in [6, 6.07) is 1.68. The van der Waals surface area contributed by atoms with Crippen molar-refractivity contribution in [3.05, 3.63) is 17.0 Å². The molecule has 3 N–H and O–H groups in total. The molecule has 1 saturated heterocycles. The third-order valence-corrected chi connectivity index (χ3v) is 6.91. The second-order valence-corrected chi connectivity index (χ2v) is 8.88. The van der Waals surface area contributed by atoms with Crippen LogP contribution in [0.15, 0.2) is 11.4 Å². The first-order valence-corrected chi connectivity index (χ1v) is 10.8. The van der Waals surface area contributed by atoms with Crippen LogP contribution in [-0.4, -0.2) is 47.8 Å². The number of esters is 1. The molecule has 2 heterocycles. The molecule has 158 valence electrons. The zero-order valence-corrected chi connectivity index (χ0v) is 17.5. The van der Waals surface area contributed by atoms with Crippen LogP contribution in [0.25, 0.3) is 0 Å². The summed E-state index contributed by atoms with van der Waals surface area (Å²) < 4.78 is 5.13. The number of carbonyl (C=O) groups excluding carboxylic acids is 4. The van der Waals surface area contributed by atoms with Crippen molar-refractivity contribution >= 4 is 40.0 Å². The number of amides is 3. The standard InChI is InChI=1S/C20H27N3O5S/c1-11-4-3-5-15(12(11)2)23-9-13(8-17(23)25)20(27)28-10-16(24)22-19-14(18(21)26)6-7-29-19/h6-7,11-13,15H,3-5,8-10H2,1-2H3,(H2,21,26)(H,22,24)/t11-,12-,13-,15+/m1/s1. The number of anilines is 1. The Balaban J connectivity index is 1.51. The van der Waals surface area contributed by atoms with Crippen molar-refractivity contribution in [1.29, 1.82) is 0 Å². The number of thiophene rings is 1. The van der Waals surface area contributed by atoms with Gasteiger partial charge < -0.3 is 20.7 Å². The maximum absolute atomic E-state index is 12.5. The summed E-state index contributed by atoms with van der Waals surface area (Å²) in [4.78, 5) is 50.1. The monoisotopic (exact) mass is 421 g/mol. The predicted octanol–water partition coefficient (Wildman–Crippen LogP) is 2.00. The number of ether oxygens (including phenoxy) is 1. The van der Waals surface area contributed by atoms with E-state index in [1.807, 2.05) is 4.90 Å². The van der Waals surface area contributed by atoms with Gasteiger partial charge in [0, 0.05) is 19.0 Å². The van der Waals surface area contributed by atoms with Gasteiger partial charge in [0.1, 0.15) is 5.00 Å². The summed E-state index contributed by atoms with van der Waals surface area (Å²) in [5.74, 6) is -1.37. The topological polar surface area (TPSA) is 119 Å². The van der Waals surface area contributed by atoms with Crippen molar-refractivity contribution < 1.29 is 23.9 Å². The molecule has 1 saturated carbocycles. The minimum Gasteiger partial charge on any atom is -0.455 e. The van der Waals surface area contributed by atoms with Crippen LogP contribution in [0.5, 0.6) is 0 Å². The number of nitrogens with one attached hydrogen (secondary N) is 1. The van der Waals surface area contributed by atoms with E-state index < -0.39 is 30.3 Å². The highest BCUT2D eigenvalue weighted by Crippen LogP contribution is 2.36. The fraction of sp³-hybridized carbons (Fsp3) is 0.600. The fourth-order valence-electron chi connectivity index (χ4n) is 4.22. The molecule has 8 nitrogen and oxygen atoms in total. The average molecular weight is 422 g/mol. The van der Waals surface area contributed by atoms with E-state index in [9.17, 15) is 19.2 Å². The van der Waals surface area contributed by atoms with Gasteiger partial charge in [0.25, 0.3) is 11.8 Å². The second-order valence-electron chi connectivity index (χ2n) is 7.97. The molecule has 0 spiro atoms. The van der Waals surface area contributed by atoms with Crippen molar-refractivity contribution in [2.75, 3.05) is 18.5 Å². The Morgan fingerprint density at radius 3 is 2.79 bits per heavy atom. The smallest absolute Gasteiger partial charge is 0.311 e. The summed E-state index contributed by atoms with van der Waals surface area (Å²) >= 11 is 1.16. The summed E-state index contributed by atoms with van der Waals surface area (Å²) in [7, 11) is 0. The van der Waals surface area contributed by atoms with E-state index in [0.717, 1.165) is 24.2 Å². The van der Waals surface area contributed by atoms with Crippen molar-refractivity contribution in [3.63, 3.8) is 0 Å². The lowest BCUT2D eigenvalue weighted by molar-refractivity contribution is -0.151. The summed E-state index contributed by atoms with van der Waals surface area (Å²) in [6.45, 7) is 4.25.